The lowest BCUT2D eigenvalue weighted by atomic mass is 9.74. The average molecular weight is 423 g/mol. The molecular formula is C22H24Cl2O4. The number of halogens is 2. The molecule has 6 heteroatoms. The molecule has 0 amide bonds. The summed E-state index contributed by atoms with van der Waals surface area (Å²) in [6.45, 7) is 4.26. The van der Waals surface area contributed by atoms with Gasteiger partial charge in [-0.2, -0.15) is 0 Å². The van der Waals surface area contributed by atoms with Crippen LogP contribution in [0.25, 0.3) is 5.57 Å². The van der Waals surface area contributed by atoms with Gasteiger partial charge in [0.25, 0.3) is 0 Å². The molecule has 1 aromatic rings. The molecule has 1 saturated carbocycles. The number of hydrogen-bond donors (Lipinski definition) is 0. The molecule has 0 N–H and O–H groups in total. The standard InChI is InChI=1S/C22H24Cl2O4/c1-3-27-20(26)22(7-4-5-8-22)28-16-10-13-12-21(2)9-6-14(25)11-15(21)17(13)19(24)18(16)23/h10-11H,3-9,12H2,1-2H3. The van der Waals surface area contributed by atoms with Crippen LogP contribution in [0, 0.1) is 5.41 Å². The normalized spacial score (nSPS) is 25.1. The van der Waals surface area contributed by atoms with Crippen LogP contribution in [0.1, 0.15) is 63.5 Å². The summed E-state index contributed by atoms with van der Waals surface area (Å²) in [7, 11) is 0. The van der Waals surface area contributed by atoms with Gasteiger partial charge in [0.05, 0.1) is 11.6 Å². The van der Waals surface area contributed by atoms with Gasteiger partial charge < -0.3 is 9.47 Å². The Morgan fingerprint density at radius 2 is 1.89 bits per heavy atom. The minimum atomic E-state index is -0.998. The largest absolute Gasteiger partial charge is 0.474 e. The number of benzene rings is 1. The van der Waals surface area contributed by atoms with E-state index in [0.29, 0.717) is 41.7 Å². The predicted octanol–water partition coefficient (Wildman–Crippen LogP) is 5.56. The van der Waals surface area contributed by atoms with Gasteiger partial charge in [-0.25, -0.2) is 4.79 Å². The van der Waals surface area contributed by atoms with Gasteiger partial charge in [-0.1, -0.05) is 30.1 Å². The van der Waals surface area contributed by atoms with E-state index in [2.05, 4.69) is 6.92 Å². The number of fused-ring (bicyclic) bond motifs is 3. The Bertz CT molecular complexity index is 883. The van der Waals surface area contributed by atoms with Crippen LogP contribution in [0.2, 0.25) is 10.0 Å². The third-order valence-corrected chi connectivity index (χ3v) is 7.20. The lowest BCUT2D eigenvalue weighted by molar-refractivity contribution is -0.161. The van der Waals surface area contributed by atoms with Crippen LogP contribution >= 0.6 is 23.2 Å². The van der Waals surface area contributed by atoms with Crippen LogP contribution < -0.4 is 4.74 Å². The van der Waals surface area contributed by atoms with E-state index in [4.69, 9.17) is 32.7 Å². The maximum absolute atomic E-state index is 12.6. The highest BCUT2D eigenvalue weighted by Crippen LogP contribution is 2.56. The summed E-state index contributed by atoms with van der Waals surface area (Å²) < 4.78 is 11.5. The van der Waals surface area contributed by atoms with Crippen molar-refractivity contribution in [3.8, 4) is 5.75 Å². The first kappa shape index (κ1) is 19.8. The van der Waals surface area contributed by atoms with Gasteiger partial charge in [0, 0.05) is 12.0 Å². The number of hydrogen-bond acceptors (Lipinski definition) is 4. The summed E-state index contributed by atoms with van der Waals surface area (Å²) in [5.74, 6) is 0.212. The summed E-state index contributed by atoms with van der Waals surface area (Å²) in [6, 6.07) is 1.90. The molecular weight excluding hydrogens is 399 g/mol. The van der Waals surface area contributed by atoms with Crippen LogP contribution in [0.4, 0.5) is 0 Å². The summed E-state index contributed by atoms with van der Waals surface area (Å²) in [4.78, 5) is 24.6. The van der Waals surface area contributed by atoms with E-state index in [1.165, 1.54) is 0 Å². The first-order valence-electron chi connectivity index (χ1n) is 9.92. The Kier molecular flexibility index (Phi) is 4.99. The zero-order valence-corrected chi connectivity index (χ0v) is 17.7. The van der Waals surface area contributed by atoms with E-state index in [9.17, 15) is 9.59 Å². The summed E-state index contributed by atoms with van der Waals surface area (Å²) in [5, 5.41) is 0.690. The van der Waals surface area contributed by atoms with Gasteiger partial charge in [-0.3, -0.25) is 4.79 Å². The lowest BCUT2D eigenvalue weighted by Gasteiger charge is -2.29. The Balaban J connectivity index is 1.75. The van der Waals surface area contributed by atoms with Gasteiger partial charge in [0.2, 0.25) is 5.60 Å². The Labute approximate surface area is 175 Å². The van der Waals surface area contributed by atoms with Crippen LogP contribution in [0.15, 0.2) is 12.1 Å². The zero-order chi connectivity index (χ0) is 20.1. The molecule has 28 heavy (non-hydrogen) atoms. The monoisotopic (exact) mass is 422 g/mol. The van der Waals surface area contributed by atoms with Crippen LogP contribution in [0.5, 0.6) is 5.75 Å². The van der Waals surface area contributed by atoms with E-state index in [1.54, 1.807) is 13.0 Å². The van der Waals surface area contributed by atoms with Crippen molar-refractivity contribution in [3.63, 3.8) is 0 Å². The highest BCUT2D eigenvalue weighted by Gasteiger charge is 2.47. The Morgan fingerprint density at radius 1 is 1.18 bits per heavy atom. The average Bonchev–Trinajstić information content (AvgIpc) is 3.23. The van der Waals surface area contributed by atoms with Crippen molar-refractivity contribution in [3.05, 3.63) is 33.3 Å². The van der Waals surface area contributed by atoms with E-state index in [-0.39, 0.29) is 17.2 Å². The van der Waals surface area contributed by atoms with Crippen LogP contribution in [0.3, 0.4) is 0 Å². The SMILES string of the molecule is CCOC(=O)C1(Oc2cc3c(c(Cl)c2Cl)C2=CC(=O)CCC2(C)C3)CCCC1. The molecule has 0 heterocycles. The fraction of sp³-hybridized carbons (Fsp3) is 0.545. The maximum atomic E-state index is 12.6. The van der Waals surface area contributed by atoms with Gasteiger partial charge >= 0.3 is 5.97 Å². The van der Waals surface area contributed by atoms with E-state index < -0.39 is 5.60 Å². The molecule has 1 atom stereocenters. The molecule has 1 aromatic carbocycles. The highest BCUT2D eigenvalue weighted by molar-refractivity contribution is 6.44. The maximum Gasteiger partial charge on any atom is 0.350 e. The number of ether oxygens (including phenoxy) is 2. The van der Waals surface area contributed by atoms with Crippen molar-refractivity contribution in [2.45, 2.75) is 64.4 Å². The molecule has 4 rings (SSSR count). The lowest BCUT2D eigenvalue weighted by Crippen LogP contribution is -2.43. The van der Waals surface area contributed by atoms with Gasteiger partial charge in [0.1, 0.15) is 10.8 Å². The van der Waals surface area contributed by atoms with Crippen molar-refractivity contribution < 1.29 is 19.1 Å². The molecule has 0 aliphatic heterocycles. The second-order valence-electron chi connectivity index (χ2n) is 8.32. The summed E-state index contributed by atoms with van der Waals surface area (Å²) in [6.07, 6.45) is 6.86. The smallest absolute Gasteiger partial charge is 0.350 e. The first-order chi connectivity index (χ1) is 13.3. The van der Waals surface area contributed by atoms with Crippen molar-refractivity contribution in [1.29, 1.82) is 0 Å². The molecule has 0 radical (unpaired) electrons. The van der Waals surface area contributed by atoms with Crippen molar-refractivity contribution in [2.75, 3.05) is 6.61 Å². The van der Waals surface area contributed by atoms with Crippen LogP contribution in [-0.2, 0) is 20.7 Å². The third kappa shape index (κ3) is 3.05. The molecule has 4 nitrogen and oxygen atoms in total. The zero-order valence-electron chi connectivity index (χ0n) is 16.2. The molecule has 0 bridgehead atoms. The number of allylic oxidation sites excluding steroid dienone is 2. The predicted molar refractivity (Wildman–Crippen MR) is 109 cm³/mol. The Morgan fingerprint density at radius 3 is 2.57 bits per heavy atom. The minimum Gasteiger partial charge on any atom is -0.474 e. The Hall–Kier alpha value is -1.52. The second-order valence-corrected chi connectivity index (χ2v) is 9.08. The van der Waals surface area contributed by atoms with E-state index in [1.807, 2.05) is 6.07 Å². The topological polar surface area (TPSA) is 52.6 Å². The van der Waals surface area contributed by atoms with E-state index in [0.717, 1.165) is 42.4 Å². The third-order valence-electron chi connectivity index (χ3n) is 6.35. The first-order valence-corrected chi connectivity index (χ1v) is 10.7. The van der Waals surface area contributed by atoms with Gasteiger partial charge in [-0.05, 0) is 74.1 Å². The van der Waals surface area contributed by atoms with Crippen molar-refractivity contribution in [2.24, 2.45) is 5.41 Å². The molecule has 3 aliphatic rings. The molecule has 1 unspecified atom stereocenters. The van der Waals surface area contributed by atoms with Crippen molar-refractivity contribution >= 4 is 40.5 Å². The van der Waals surface area contributed by atoms with Crippen LogP contribution in [-0.4, -0.2) is 24.0 Å². The second kappa shape index (κ2) is 7.07. The number of esters is 1. The highest BCUT2D eigenvalue weighted by atomic mass is 35.5. The fourth-order valence-electron chi connectivity index (χ4n) is 4.84. The van der Waals surface area contributed by atoms with Gasteiger partial charge in [0.15, 0.2) is 5.78 Å². The molecule has 0 saturated heterocycles. The number of carbonyl (C=O) groups is 2. The number of ketones is 1. The summed E-state index contributed by atoms with van der Waals surface area (Å²) >= 11 is 13.3. The summed E-state index contributed by atoms with van der Waals surface area (Å²) in [5.41, 5.74) is 1.73. The molecule has 3 aliphatic carbocycles. The van der Waals surface area contributed by atoms with Gasteiger partial charge in [-0.15, -0.1) is 0 Å². The molecule has 0 aromatic heterocycles. The minimum absolute atomic E-state index is 0.117. The molecule has 150 valence electrons. The number of carbonyl (C=O) groups excluding carboxylic acids is 2. The molecule has 1 fully saturated rings. The van der Waals surface area contributed by atoms with Crippen molar-refractivity contribution in [1.82, 2.24) is 0 Å². The quantitative estimate of drug-likeness (QED) is 0.596. The molecule has 0 spiro atoms. The van der Waals surface area contributed by atoms with E-state index >= 15 is 0 Å². The number of rotatable bonds is 4. The fourth-order valence-corrected chi connectivity index (χ4v) is 5.35.